The van der Waals surface area contributed by atoms with Crippen molar-refractivity contribution in [1.29, 1.82) is 0 Å². The number of nitrogen functional groups attached to an aromatic ring is 1. The van der Waals surface area contributed by atoms with Crippen molar-refractivity contribution < 1.29 is 16.8 Å². The van der Waals surface area contributed by atoms with Crippen LogP contribution in [-0.4, -0.2) is 45.7 Å². The SMILES string of the molecule is Nc1cc(Cl)cc(Cl)c1S(=O)(=O)N1CCCS(=O)(=O)CC1. The van der Waals surface area contributed by atoms with E-state index in [1.807, 2.05) is 0 Å². The zero-order valence-corrected chi connectivity index (χ0v) is 14.1. The lowest BCUT2D eigenvalue weighted by Crippen LogP contribution is -2.34. The molecule has 1 aromatic rings. The van der Waals surface area contributed by atoms with E-state index in [0.29, 0.717) is 0 Å². The highest BCUT2D eigenvalue weighted by Crippen LogP contribution is 2.33. The monoisotopic (exact) mass is 372 g/mol. The highest BCUT2D eigenvalue weighted by atomic mass is 35.5. The Bertz CT molecular complexity index is 739. The van der Waals surface area contributed by atoms with Gasteiger partial charge in [0.05, 0.1) is 22.2 Å². The van der Waals surface area contributed by atoms with E-state index in [1.165, 1.54) is 12.1 Å². The third-order valence-electron chi connectivity index (χ3n) is 3.15. The van der Waals surface area contributed by atoms with E-state index in [0.717, 1.165) is 4.31 Å². The molecule has 2 rings (SSSR count). The highest BCUT2D eigenvalue weighted by molar-refractivity contribution is 7.91. The summed E-state index contributed by atoms with van der Waals surface area (Å²) >= 11 is 11.7. The molecule has 0 aliphatic carbocycles. The van der Waals surface area contributed by atoms with Gasteiger partial charge >= 0.3 is 0 Å². The number of sulfonamides is 1. The summed E-state index contributed by atoms with van der Waals surface area (Å²) in [5.41, 5.74) is 5.66. The summed E-state index contributed by atoms with van der Waals surface area (Å²) in [4.78, 5) is -0.229. The number of anilines is 1. The van der Waals surface area contributed by atoms with Crippen molar-refractivity contribution in [2.24, 2.45) is 0 Å². The molecule has 0 saturated carbocycles. The van der Waals surface area contributed by atoms with Crippen LogP contribution in [0.1, 0.15) is 6.42 Å². The number of nitrogens with two attached hydrogens (primary N) is 1. The van der Waals surface area contributed by atoms with Crippen LogP contribution in [0, 0.1) is 0 Å². The van der Waals surface area contributed by atoms with Gasteiger partial charge in [-0.05, 0) is 18.6 Å². The average molecular weight is 373 g/mol. The summed E-state index contributed by atoms with van der Waals surface area (Å²) in [5, 5.41) is 0.155. The van der Waals surface area contributed by atoms with Crippen molar-refractivity contribution in [3.8, 4) is 0 Å². The van der Waals surface area contributed by atoms with Crippen molar-refractivity contribution in [2.75, 3.05) is 30.3 Å². The second-order valence-corrected chi connectivity index (χ2v) is 9.74. The molecule has 1 heterocycles. The Kier molecular flexibility index (Phi) is 4.75. The number of nitrogens with zero attached hydrogens (tertiary/aromatic N) is 1. The molecular weight excluding hydrogens is 359 g/mol. The lowest BCUT2D eigenvalue weighted by Gasteiger charge is -2.21. The minimum atomic E-state index is -3.96. The Balaban J connectivity index is 2.43. The van der Waals surface area contributed by atoms with Gasteiger partial charge in [0.15, 0.2) is 9.84 Å². The van der Waals surface area contributed by atoms with Gasteiger partial charge in [-0.3, -0.25) is 0 Å². The van der Waals surface area contributed by atoms with Crippen LogP contribution in [0.2, 0.25) is 10.0 Å². The Hall–Kier alpha value is -0.540. The molecule has 0 amide bonds. The summed E-state index contributed by atoms with van der Waals surface area (Å²) in [6, 6.07) is 2.59. The van der Waals surface area contributed by atoms with Crippen molar-refractivity contribution in [3.05, 3.63) is 22.2 Å². The molecule has 0 radical (unpaired) electrons. The fraction of sp³-hybridized carbons (Fsp3) is 0.455. The number of halogens is 2. The normalized spacial score (nSPS) is 20.1. The molecule has 10 heteroatoms. The largest absolute Gasteiger partial charge is 0.398 e. The van der Waals surface area contributed by atoms with Crippen LogP contribution in [-0.2, 0) is 19.9 Å². The van der Waals surface area contributed by atoms with Gasteiger partial charge < -0.3 is 5.73 Å². The number of sulfone groups is 1. The minimum Gasteiger partial charge on any atom is -0.398 e. The Morgan fingerprint density at radius 1 is 1.14 bits per heavy atom. The smallest absolute Gasteiger partial charge is 0.246 e. The van der Waals surface area contributed by atoms with Gasteiger partial charge in [-0.1, -0.05) is 23.2 Å². The summed E-state index contributed by atoms with van der Waals surface area (Å²) in [6.07, 6.45) is 0.243. The molecule has 1 aliphatic heterocycles. The van der Waals surface area contributed by atoms with Crippen LogP contribution in [0.3, 0.4) is 0 Å². The zero-order valence-electron chi connectivity index (χ0n) is 10.9. The maximum absolute atomic E-state index is 12.6. The van der Waals surface area contributed by atoms with E-state index in [2.05, 4.69) is 0 Å². The van der Waals surface area contributed by atoms with Gasteiger partial charge in [0.1, 0.15) is 4.90 Å². The molecule has 0 aromatic heterocycles. The van der Waals surface area contributed by atoms with E-state index in [4.69, 9.17) is 28.9 Å². The van der Waals surface area contributed by atoms with Crippen molar-refractivity contribution in [3.63, 3.8) is 0 Å². The Morgan fingerprint density at radius 2 is 1.81 bits per heavy atom. The molecule has 1 aliphatic rings. The topological polar surface area (TPSA) is 97.5 Å². The first-order valence-corrected chi connectivity index (χ1v) is 10.1. The second kappa shape index (κ2) is 5.92. The van der Waals surface area contributed by atoms with E-state index in [9.17, 15) is 16.8 Å². The molecular formula is C11H14Cl2N2O4S2. The molecule has 0 unspecified atom stereocenters. The van der Waals surface area contributed by atoms with Crippen LogP contribution < -0.4 is 5.73 Å². The van der Waals surface area contributed by atoms with Gasteiger partial charge in [-0.15, -0.1) is 0 Å². The van der Waals surface area contributed by atoms with E-state index >= 15 is 0 Å². The molecule has 0 spiro atoms. The van der Waals surface area contributed by atoms with Crippen LogP contribution in [0.25, 0.3) is 0 Å². The van der Waals surface area contributed by atoms with Crippen LogP contribution in [0.15, 0.2) is 17.0 Å². The Labute approximate surface area is 133 Å². The van der Waals surface area contributed by atoms with E-state index in [-0.39, 0.29) is 51.6 Å². The van der Waals surface area contributed by atoms with Crippen molar-refractivity contribution in [2.45, 2.75) is 11.3 Å². The average Bonchev–Trinajstić information content (AvgIpc) is 2.48. The standard InChI is InChI=1S/C11H14Cl2N2O4S2/c12-8-6-9(13)11(10(14)7-8)21(18,19)15-2-1-4-20(16,17)5-3-15/h6-7H,1-5,14H2. The third-order valence-corrected chi connectivity index (χ3v) is 7.51. The molecule has 21 heavy (non-hydrogen) atoms. The first-order valence-electron chi connectivity index (χ1n) is 6.08. The summed E-state index contributed by atoms with van der Waals surface area (Å²) in [7, 11) is -7.17. The number of hydrogen-bond donors (Lipinski definition) is 1. The zero-order chi connectivity index (χ0) is 15.8. The Morgan fingerprint density at radius 3 is 2.43 bits per heavy atom. The molecule has 118 valence electrons. The molecule has 0 bridgehead atoms. The summed E-state index contributed by atoms with van der Waals surface area (Å²) in [5.74, 6) is -0.236. The first-order chi connectivity index (χ1) is 9.63. The predicted molar refractivity (Wildman–Crippen MR) is 82.9 cm³/mol. The van der Waals surface area contributed by atoms with Gasteiger partial charge in [-0.2, -0.15) is 4.31 Å². The predicted octanol–water partition coefficient (Wildman–Crippen LogP) is 1.38. The number of rotatable bonds is 2. The minimum absolute atomic E-state index is 0.0249. The maximum Gasteiger partial charge on any atom is 0.246 e. The fourth-order valence-corrected chi connectivity index (χ4v) is 5.95. The fourth-order valence-electron chi connectivity index (χ4n) is 2.14. The summed E-state index contributed by atoms with van der Waals surface area (Å²) < 4.78 is 49.5. The second-order valence-electron chi connectivity index (χ2n) is 4.72. The van der Waals surface area contributed by atoms with Crippen molar-refractivity contribution >= 4 is 48.7 Å². The van der Waals surface area contributed by atoms with Gasteiger partial charge in [0.2, 0.25) is 10.0 Å². The summed E-state index contributed by atoms with van der Waals surface area (Å²) in [6.45, 7) is 0.00300. The van der Waals surface area contributed by atoms with E-state index in [1.54, 1.807) is 0 Å². The highest BCUT2D eigenvalue weighted by Gasteiger charge is 2.32. The molecule has 0 atom stereocenters. The van der Waals surface area contributed by atoms with Crippen LogP contribution >= 0.6 is 23.2 Å². The molecule has 1 fully saturated rings. The third kappa shape index (κ3) is 3.62. The van der Waals surface area contributed by atoms with Crippen LogP contribution in [0.4, 0.5) is 5.69 Å². The lowest BCUT2D eigenvalue weighted by molar-refractivity contribution is 0.435. The molecule has 1 saturated heterocycles. The lowest BCUT2D eigenvalue weighted by atomic mass is 10.3. The maximum atomic E-state index is 12.6. The van der Waals surface area contributed by atoms with Gasteiger partial charge in [0, 0.05) is 18.1 Å². The van der Waals surface area contributed by atoms with Gasteiger partial charge in [-0.25, -0.2) is 16.8 Å². The van der Waals surface area contributed by atoms with Gasteiger partial charge in [0.25, 0.3) is 0 Å². The van der Waals surface area contributed by atoms with Crippen LogP contribution in [0.5, 0.6) is 0 Å². The number of benzene rings is 1. The molecule has 2 N–H and O–H groups in total. The number of hydrogen-bond acceptors (Lipinski definition) is 5. The quantitative estimate of drug-likeness (QED) is 0.790. The molecule has 1 aromatic carbocycles. The molecule has 6 nitrogen and oxygen atoms in total. The van der Waals surface area contributed by atoms with Crippen molar-refractivity contribution in [1.82, 2.24) is 4.31 Å². The first kappa shape index (κ1) is 16.8. The van der Waals surface area contributed by atoms with E-state index < -0.39 is 19.9 Å².